The molecule has 17 heavy (non-hydrogen) atoms. The Bertz CT molecular complexity index is 392. The zero-order valence-electron chi connectivity index (χ0n) is 10.3. The Labute approximate surface area is 106 Å². The fourth-order valence-corrected chi connectivity index (χ4v) is 3.08. The highest BCUT2D eigenvalue weighted by molar-refractivity contribution is 7.13. The lowest BCUT2D eigenvalue weighted by Crippen LogP contribution is -2.25. The smallest absolute Gasteiger partial charge is 0.305 e. The minimum Gasteiger partial charge on any atom is -0.469 e. The van der Waals surface area contributed by atoms with Crippen molar-refractivity contribution in [1.82, 2.24) is 4.98 Å². The summed E-state index contributed by atoms with van der Waals surface area (Å²) in [6, 6.07) is 0.592. The molecule has 0 N–H and O–H groups in total. The predicted octanol–water partition coefficient (Wildman–Crippen LogP) is 2.24. The number of carbonyl (C=O) groups is 1. The number of thiazole rings is 1. The molecule has 0 aliphatic carbocycles. The molecule has 2 heterocycles. The third-order valence-electron chi connectivity index (χ3n) is 3.15. The molecular weight excluding hydrogens is 236 g/mol. The number of esters is 1. The number of carbonyl (C=O) groups excluding carboxylic acids is 1. The number of nitrogens with zero attached hydrogens (tertiary/aromatic N) is 2. The third-order valence-corrected chi connectivity index (χ3v) is 4.08. The summed E-state index contributed by atoms with van der Waals surface area (Å²) >= 11 is 1.67. The maximum absolute atomic E-state index is 11.0. The van der Waals surface area contributed by atoms with Gasteiger partial charge in [-0.25, -0.2) is 4.98 Å². The lowest BCUT2D eigenvalue weighted by Gasteiger charge is -2.19. The quantitative estimate of drug-likeness (QED) is 0.773. The van der Waals surface area contributed by atoms with Crippen LogP contribution in [0, 0.1) is 0 Å². The van der Waals surface area contributed by atoms with Gasteiger partial charge in [0, 0.05) is 24.4 Å². The van der Waals surface area contributed by atoms with Gasteiger partial charge in [0.1, 0.15) is 0 Å². The van der Waals surface area contributed by atoms with Gasteiger partial charge in [0.2, 0.25) is 0 Å². The zero-order chi connectivity index (χ0) is 12.3. The fourth-order valence-electron chi connectivity index (χ4n) is 2.09. The van der Waals surface area contributed by atoms with Crippen molar-refractivity contribution in [2.75, 3.05) is 18.6 Å². The van der Waals surface area contributed by atoms with Crippen LogP contribution in [0.3, 0.4) is 0 Å². The Kier molecular flexibility index (Phi) is 3.99. The maximum Gasteiger partial charge on any atom is 0.305 e. The van der Waals surface area contributed by atoms with Gasteiger partial charge in [0.05, 0.1) is 19.2 Å². The van der Waals surface area contributed by atoms with E-state index in [9.17, 15) is 4.79 Å². The van der Waals surface area contributed by atoms with E-state index in [-0.39, 0.29) is 5.97 Å². The van der Waals surface area contributed by atoms with E-state index in [0.29, 0.717) is 18.9 Å². The number of rotatable bonds is 4. The van der Waals surface area contributed by atoms with Crippen LogP contribution in [0.5, 0.6) is 0 Å². The molecule has 0 saturated carbocycles. The van der Waals surface area contributed by atoms with Gasteiger partial charge in [-0.1, -0.05) is 0 Å². The molecule has 0 bridgehead atoms. The first-order chi connectivity index (χ1) is 8.20. The molecule has 0 aromatic carbocycles. The highest BCUT2D eigenvalue weighted by atomic mass is 32.1. The third kappa shape index (κ3) is 2.97. The van der Waals surface area contributed by atoms with Gasteiger partial charge in [-0.2, -0.15) is 0 Å². The van der Waals surface area contributed by atoms with Crippen LogP contribution in [0.1, 0.15) is 31.9 Å². The van der Waals surface area contributed by atoms with Gasteiger partial charge in [-0.3, -0.25) is 4.79 Å². The molecular formula is C12H18N2O2S. The van der Waals surface area contributed by atoms with Crippen molar-refractivity contribution in [3.05, 3.63) is 11.1 Å². The summed E-state index contributed by atoms with van der Waals surface area (Å²) in [5, 5.41) is 3.14. The number of aryl methyl sites for hydroxylation is 1. The largest absolute Gasteiger partial charge is 0.469 e. The average molecular weight is 254 g/mol. The SMILES string of the molecule is COC(=O)CCc1csc(N2CCCC2C)n1. The van der Waals surface area contributed by atoms with Gasteiger partial charge < -0.3 is 9.64 Å². The van der Waals surface area contributed by atoms with Crippen LogP contribution in [-0.2, 0) is 16.0 Å². The molecule has 1 unspecified atom stereocenters. The molecule has 1 fully saturated rings. The van der Waals surface area contributed by atoms with Crippen LogP contribution in [0.15, 0.2) is 5.38 Å². The molecule has 2 rings (SSSR count). The van der Waals surface area contributed by atoms with Crippen molar-refractivity contribution >= 4 is 22.4 Å². The molecule has 1 saturated heterocycles. The normalized spacial score (nSPS) is 19.6. The number of hydrogen-bond acceptors (Lipinski definition) is 5. The second kappa shape index (κ2) is 5.49. The van der Waals surface area contributed by atoms with Gasteiger partial charge in [-0.15, -0.1) is 11.3 Å². The van der Waals surface area contributed by atoms with Crippen LogP contribution in [0.4, 0.5) is 5.13 Å². The molecule has 0 radical (unpaired) electrons. The molecule has 1 aromatic heterocycles. The van der Waals surface area contributed by atoms with Gasteiger partial charge in [0.15, 0.2) is 5.13 Å². The van der Waals surface area contributed by atoms with Crippen LogP contribution in [0.25, 0.3) is 0 Å². The molecule has 4 nitrogen and oxygen atoms in total. The summed E-state index contributed by atoms with van der Waals surface area (Å²) in [6.45, 7) is 3.34. The first kappa shape index (κ1) is 12.4. The first-order valence-corrected chi connectivity index (χ1v) is 6.86. The Morgan fingerprint density at radius 2 is 2.53 bits per heavy atom. The maximum atomic E-state index is 11.0. The average Bonchev–Trinajstić information content (AvgIpc) is 2.94. The zero-order valence-corrected chi connectivity index (χ0v) is 11.1. The molecule has 0 amide bonds. The van der Waals surface area contributed by atoms with E-state index >= 15 is 0 Å². The van der Waals surface area contributed by atoms with Crippen LogP contribution in [-0.4, -0.2) is 30.6 Å². The molecule has 1 aromatic rings. The van der Waals surface area contributed by atoms with Crippen molar-refractivity contribution < 1.29 is 9.53 Å². The van der Waals surface area contributed by atoms with E-state index in [4.69, 9.17) is 0 Å². The summed E-state index contributed by atoms with van der Waals surface area (Å²) in [5.41, 5.74) is 0.995. The highest BCUT2D eigenvalue weighted by Crippen LogP contribution is 2.28. The second-order valence-corrected chi connectivity index (χ2v) is 5.22. The van der Waals surface area contributed by atoms with Crippen molar-refractivity contribution in [1.29, 1.82) is 0 Å². The van der Waals surface area contributed by atoms with Crippen molar-refractivity contribution in [2.45, 2.75) is 38.6 Å². The van der Waals surface area contributed by atoms with Crippen LogP contribution in [0.2, 0.25) is 0 Å². The van der Waals surface area contributed by atoms with E-state index in [1.54, 1.807) is 11.3 Å². The second-order valence-electron chi connectivity index (χ2n) is 4.38. The van der Waals surface area contributed by atoms with E-state index in [2.05, 4.69) is 21.5 Å². The molecule has 1 aliphatic rings. The van der Waals surface area contributed by atoms with E-state index < -0.39 is 0 Å². The number of aromatic nitrogens is 1. The van der Waals surface area contributed by atoms with Crippen molar-refractivity contribution in [3.63, 3.8) is 0 Å². The summed E-state index contributed by atoms with van der Waals surface area (Å²) < 4.78 is 4.62. The lowest BCUT2D eigenvalue weighted by atomic mass is 10.2. The Morgan fingerprint density at radius 1 is 1.71 bits per heavy atom. The van der Waals surface area contributed by atoms with E-state index in [1.165, 1.54) is 20.0 Å². The first-order valence-electron chi connectivity index (χ1n) is 5.98. The number of anilines is 1. The van der Waals surface area contributed by atoms with Gasteiger partial charge >= 0.3 is 5.97 Å². The molecule has 1 aliphatic heterocycles. The number of ether oxygens (including phenoxy) is 1. The van der Waals surface area contributed by atoms with Gasteiger partial charge in [0.25, 0.3) is 0 Å². The molecule has 1 atom stereocenters. The standard InChI is InChI=1S/C12H18N2O2S/c1-9-4-3-7-14(9)12-13-10(8-17-12)5-6-11(15)16-2/h8-9H,3-7H2,1-2H3. The minimum absolute atomic E-state index is 0.172. The Morgan fingerprint density at radius 3 is 3.18 bits per heavy atom. The fraction of sp³-hybridized carbons (Fsp3) is 0.667. The van der Waals surface area contributed by atoms with Gasteiger partial charge in [-0.05, 0) is 19.8 Å². The summed E-state index contributed by atoms with van der Waals surface area (Å²) in [6.07, 6.45) is 3.58. The van der Waals surface area contributed by atoms with Crippen molar-refractivity contribution in [2.24, 2.45) is 0 Å². The van der Waals surface area contributed by atoms with E-state index in [0.717, 1.165) is 17.4 Å². The van der Waals surface area contributed by atoms with E-state index in [1.807, 2.05) is 5.38 Å². The summed E-state index contributed by atoms with van der Waals surface area (Å²) in [5.74, 6) is -0.172. The molecule has 0 spiro atoms. The Hall–Kier alpha value is -1.10. The lowest BCUT2D eigenvalue weighted by molar-refractivity contribution is -0.140. The molecule has 94 valence electrons. The topological polar surface area (TPSA) is 42.4 Å². The monoisotopic (exact) mass is 254 g/mol. The predicted molar refractivity (Wildman–Crippen MR) is 68.5 cm³/mol. The van der Waals surface area contributed by atoms with Crippen LogP contribution >= 0.6 is 11.3 Å². The number of hydrogen-bond donors (Lipinski definition) is 0. The van der Waals surface area contributed by atoms with Crippen LogP contribution < -0.4 is 4.90 Å². The summed E-state index contributed by atoms with van der Waals surface area (Å²) in [7, 11) is 1.42. The minimum atomic E-state index is -0.172. The number of methoxy groups -OCH3 is 1. The van der Waals surface area contributed by atoms with Crippen molar-refractivity contribution in [3.8, 4) is 0 Å². The highest BCUT2D eigenvalue weighted by Gasteiger charge is 2.22. The summed E-state index contributed by atoms with van der Waals surface area (Å²) in [4.78, 5) is 18.0. The Balaban J connectivity index is 1.93. The molecule has 5 heteroatoms.